The molecule has 5 nitrogen and oxygen atoms in total. The number of hydrogen-bond acceptors (Lipinski definition) is 2. The lowest BCUT2D eigenvalue weighted by atomic mass is 10.2. The second-order valence-corrected chi connectivity index (χ2v) is 5.96. The Hall–Kier alpha value is -2.82. The van der Waals surface area contributed by atoms with E-state index < -0.39 is 0 Å². The summed E-state index contributed by atoms with van der Waals surface area (Å²) in [5.41, 5.74) is 3.40. The predicted octanol–water partition coefficient (Wildman–Crippen LogP) is 2.33. The molecule has 0 atom stereocenters. The molecular formula is C20H24N4O. The van der Waals surface area contributed by atoms with Crippen LogP contribution in [0.2, 0.25) is 0 Å². The Bertz CT molecular complexity index is 742. The molecule has 0 aromatic heterocycles. The molecule has 0 saturated heterocycles. The van der Waals surface area contributed by atoms with Crippen molar-refractivity contribution in [2.75, 3.05) is 24.5 Å². The van der Waals surface area contributed by atoms with Gasteiger partial charge < -0.3 is 15.5 Å². The van der Waals surface area contributed by atoms with Crippen molar-refractivity contribution in [1.82, 2.24) is 10.6 Å². The molecule has 3 rings (SSSR count). The summed E-state index contributed by atoms with van der Waals surface area (Å²) >= 11 is 0. The number of anilines is 1. The zero-order chi connectivity index (χ0) is 17.5. The van der Waals surface area contributed by atoms with Gasteiger partial charge in [-0.25, -0.2) is 4.99 Å². The molecule has 1 aliphatic rings. The number of fused-ring (bicyclic) bond motifs is 1. The number of para-hydroxylation sites is 1. The van der Waals surface area contributed by atoms with Crippen LogP contribution in [0.15, 0.2) is 59.6 Å². The summed E-state index contributed by atoms with van der Waals surface area (Å²) in [7, 11) is 0. The molecule has 0 saturated carbocycles. The molecular weight excluding hydrogens is 312 g/mol. The normalized spacial score (nSPS) is 13.5. The van der Waals surface area contributed by atoms with Gasteiger partial charge in [0.25, 0.3) is 0 Å². The standard InChI is InChI=1S/C20H24N4O/c1-2-21-20(22-14-16-8-4-3-5-9-16)23-15-19(25)24-13-12-17-10-6-7-11-18(17)24/h3-11H,2,12-15H2,1H3,(H2,21,22,23). The Labute approximate surface area is 148 Å². The number of carbonyl (C=O) groups is 1. The molecule has 1 aliphatic heterocycles. The van der Waals surface area contributed by atoms with Gasteiger partial charge in [-0.2, -0.15) is 0 Å². The van der Waals surface area contributed by atoms with Gasteiger partial charge in [0.15, 0.2) is 5.96 Å². The number of nitrogens with zero attached hydrogens (tertiary/aromatic N) is 2. The number of nitrogens with one attached hydrogen (secondary N) is 2. The van der Waals surface area contributed by atoms with Crippen molar-refractivity contribution in [2.24, 2.45) is 4.99 Å². The Kier molecular flexibility index (Phi) is 5.67. The molecule has 2 aromatic carbocycles. The third kappa shape index (κ3) is 4.38. The van der Waals surface area contributed by atoms with Gasteiger partial charge in [-0.15, -0.1) is 0 Å². The van der Waals surface area contributed by atoms with Crippen LogP contribution in [-0.2, 0) is 17.8 Å². The third-order valence-electron chi connectivity index (χ3n) is 4.20. The lowest BCUT2D eigenvalue weighted by molar-refractivity contribution is -0.117. The van der Waals surface area contributed by atoms with Crippen LogP contribution in [0.25, 0.3) is 0 Å². The fourth-order valence-corrected chi connectivity index (χ4v) is 2.95. The van der Waals surface area contributed by atoms with Crippen molar-refractivity contribution in [3.63, 3.8) is 0 Å². The second kappa shape index (κ2) is 8.33. The summed E-state index contributed by atoms with van der Waals surface area (Å²) in [6.45, 7) is 4.32. The fraction of sp³-hybridized carbons (Fsp3) is 0.300. The molecule has 0 aliphatic carbocycles. The van der Waals surface area contributed by atoms with E-state index in [1.807, 2.05) is 60.4 Å². The summed E-state index contributed by atoms with van der Waals surface area (Å²) in [6, 6.07) is 18.2. The highest BCUT2D eigenvalue weighted by Crippen LogP contribution is 2.27. The molecule has 0 fully saturated rings. The largest absolute Gasteiger partial charge is 0.357 e. The molecule has 25 heavy (non-hydrogen) atoms. The summed E-state index contributed by atoms with van der Waals surface area (Å²) < 4.78 is 0. The first-order valence-corrected chi connectivity index (χ1v) is 8.72. The first-order valence-electron chi connectivity index (χ1n) is 8.72. The fourth-order valence-electron chi connectivity index (χ4n) is 2.95. The molecule has 2 N–H and O–H groups in total. The van der Waals surface area contributed by atoms with E-state index in [-0.39, 0.29) is 12.5 Å². The SMILES string of the molecule is CCNC(=NCc1ccccc1)NCC(=O)N1CCc2ccccc21. The van der Waals surface area contributed by atoms with Crippen LogP contribution in [0.5, 0.6) is 0 Å². The first kappa shape index (κ1) is 17.0. The minimum atomic E-state index is 0.0651. The highest BCUT2D eigenvalue weighted by Gasteiger charge is 2.23. The van der Waals surface area contributed by atoms with Gasteiger partial charge in [-0.05, 0) is 30.5 Å². The van der Waals surface area contributed by atoms with Crippen LogP contribution in [0, 0.1) is 0 Å². The molecule has 130 valence electrons. The molecule has 5 heteroatoms. The lowest BCUT2D eigenvalue weighted by Crippen LogP contribution is -2.44. The van der Waals surface area contributed by atoms with E-state index in [1.165, 1.54) is 5.56 Å². The number of amides is 1. The number of aliphatic imine (C=N–C) groups is 1. The van der Waals surface area contributed by atoms with Crippen LogP contribution < -0.4 is 15.5 Å². The van der Waals surface area contributed by atoms with E-state index in [0.717, 1.165) is 30.8 Å². The maximum absolute atomic E-state index is 12.6. The van der Waals surface area contributed by atoms with Crippen LogP contribution in [-0.4, -0.2) is 31.5 Å². The summed E-state index contributed by atoms with van der Waals surface area (Å²) in [5, 5.41) is 6.33. The molecule has 1 amide bonds. The number of benzene rings is 2. The van der Waals surface area contributed by atoms with Gasteiger partial charge >= 0.3 is 0 Å². The average molecular weight is 336 g/mol. The number of guanidine groups is 1. The molecule has 0 bridgehead atoms. The summed E-state index contributed by atoms with van der Waals surface area (Å²) in [5.74, 6) is 0.724. The minimum absolute atomic E-state index is 0.0651. The van der Waals surface area contributed by atoms with Crippen LogP contribution in [0.4, 0.5) is 5.69 Å². The van der Waals surface area contributed by atoms with Crippen molar-refractivity contribution >= 4 is 17.6 Å². The summed E-state index contributed by atoms with van der Waals surface area (Å²) in [6.07, 6.45) is 0.921. The van der Waals surface area contributed by atoms with Gasteiger partial charge in [0, 0.05) is 18.8 Å². The Morgan fingerprint density at radius 2 is 1.84 bits per heavy atom. The van der Waals surface area contributed by atoms with Crippen molar-refractivity contribution in [3.05, 3.63) is 65.7 Å². The smallest absolute Gasteiger partial charge is 0.246 e. The maximum atomic E-state index is 12.6. The van der Waals surface area contributed by atoms with Crippen LogP contribution >= 0.6 is 0 Å². The van der Waals surface area contributed by atoms with E-state index >= 15 is 0 Å². The Balaban J connectivity index is 1.59. The Morgan fingerprint density at radius 1 is 1.08 bits per heavy atom. The number of carbonyl (C=O) groups excluding carboxylic acids is 1. The highest BCUT2D eigenvalue weighted by molar-refractivity contribution is 5.98. The quantitative estimate of drug-likeness (QED) is 0.651. The maximum Gasteiger partial charge on any atom is 0.246 e. The van der Waals surface area contributed by atoms with Crippen molar-refractivity contribution < 1.29 is 4.79 Å². The van der Waals surface area contributed by atoms with Gasteiger partial charge in [0.2, 0.25) is 5.91 Å². The zero-order valence-electron chi connectivity index (χ0n) is 14.5. The minimum Gasteiger partial charge on any atom is -0.357 e. The predicted molar refractivity (Wildman–Crippen MR) is 102 cm³/mol. The Morgan fingerprint density at radius 3 is 2.64 bits per heavy atom. The van der Waals surface area contributed by atoms with Gasteiger partial charge in [0.1, 0.15) is 0 Å². The van der Waals surface area contributed by atoms with E-state index in [2.05, 4.69) is 21.7 Å². The molecule has 2 aromatic rings. The van der Waals surface area contributed by atoms with E-state index in [4.69, 9.17) is 0 Å². The van der Waals surface area contributed by atoms with Crippen LogP contribution in [0.3, 0.4) is 0 Å². The van der Waals surface area contributed by atoms with E-state index in [9.17, 15) is 4.79 Å². The van der Waals surface area contributed by atoms with Crippen molar-refractivity contribution in [3.8, 4) is 0 Å². The monoisotopic (exact) mass is 336 g/mol. The van der Waals surface area contributed by atoms with Gasteiger partial charge in [-0.3, -0.25) is 4.79 Å². The number of hydrogen-bond donors (Lipinski definition) is 2. The van der Waals surface area contributed by atoms with Crippen LogP contribution in [0.1, 0.15) is 18.1 Å². The molecule has 0 radical (unpaired) electrons. The molecule has 0 spiro atoms. The first-order chi connectivity index (χ1) is 12.3. The van der Waals surface area contributed by atoms with E-state index in [1.54, 1.807) is 0 Å². The van der Waals surface area contributed by atoms with Gasteiger partial charge in [-0.1, -0.05) is 48.5 Å². The lowest BCUT2D eigenvalue weighted by Gasteiger charge is -2.18. The summed E-state index contributed by atoms with van der Waals surface area (Å²) in [4.78, 5) is 19.0. The third-order valence-corrected chi connectivity index (χ3v) is 4.20. The van der Waals surface area contributed by atoms with Crippen molar-refractivity contribution in [1.29, 1.82) is 0 Å². The molecule has 1 heterocycles. The average Bonchev–Trinajstić information content (AvgIpc) is 3.09. The second-order valence-electron chi connectivity index (χ2n) is 5.96. The number of rotatable bonds is 5. The zero-order valence-corrected chi connectivity index (χ0v) is 14.5. The topological polar surface area (TPSA) is 56.7 Å². The highest BCUT2D eigenvalue weighted by atomic mass is 16.2. The van der Waals surface area contributed by atoms with E-state index in [0.29, 0.717) is 12.5 Å². The van der Waals surface area contributed by atoms with Gasteiger partial charge in [0.05, 0.1) is 13.1 Å². The van der Waals surface area contributed by atoms with Crippen molar-refractivity contribution in [2.45, 2.75) is 19.9 Å². The molecule has 0 unspecified atom stereocenters.